The van der Waals surface area contributed by atoms with Crippen LogP contribution in [0.5, 0.6) is 0 Å². The van der Waals surface area contributed by atoms with E-state index in [1.54, 1.807) is 20.8 Å². The first kappa shape index (κ1) is 12.7. The van der Waals surface area contributed by atoms with E-state index in [-0.39, 0.29) is 12.4 Å². The van der Waals surface area contributed by atoms with Gasteiger partial charge in [0.1, 0.15) is 0 Å². The van der Waals surface area contributed by atoms with E-state index in [1.165, 1.54) is 6.08 Å². The maximum atomic E-state index is 11.0. The molecule has 0 aliphatic heterocycles. The number of ether oxygens (including phenoxy) is 2. The third-order valence-electron chi connectivity index (χ3n) is 1.38. The second kappa shape index (κ2) is 7.12. The third-order valence-corrected chi connectivity index (χ3v) is 1.38. The van der Waals surface area contributed by atoms with Gasteiger partial charge < -0.3 is 9.47 Å². The first-order chi connectivity index (χ1) is 6.60. The van der Waals surface area contributed by atoms with Crippen LogP contribution in [0.25, 0.3) is 0 Å². The van der Waals surface area contributed by atoms with Crippen molar-refractivity contribution in [2.24, 2.45) is 0 Å². The Morgan fingerprint density at radius 1 is 1.14 bits per heavy atom. The van der Waals surface area contributed by atoms with Crippen LogP contribution in [0.15, 0.2) is 11.6 Å². The number of rotatable bonds is 5. The highest BCUT2D eigenvalue weighted by molar-refractivity contribution is 5.84. The molecule has 0 fully saturated rings. The second-order valence-corrected chi connectivity index (χ2v) is 2.72. The molecule has 4 heteroatoms. The van der Waals surface area contributed by atoms with Gasteiger partial charge >= 0.3 is 11.9 Å². The molecule has 0 aromatic carbocycles. The van der Waals surface area contributed by atoms with Crippen molar-refractivity contribution in [2.75, 3.05) is 13.2 Å². The first-order valence-corrected chi connectivity index (χ1v) is 4.59. The average Bonchev–Trinajstić information content (AvgIpc) is 2.03. The molecule has 0 aromatic rings. The summed E-state index contributed by atoms with van der Waals surface area (Å²) in [5.74, 6) is -0.750. The standard InChI is InChI=1S/C10H16O4/c1-4-13-9(11)6-8(3)7-10(12)14-5-2/h6H,4-5,7H2,1-3H3. The molecule has 0 saturated heterocycles. The summed E-state index contributed by atoms with van der Waals surface area (Å²) in [5.41, 5.74) is 0.641. The normalized spacial score (nSPS) is 10.9. The van der Waals surface area contributed by atoms with Gasteiger partial charge in [0.15, 0.2) is 0 Å². The molecule has 0 N–H and O–H groups in total. The smallest absolute Gasteiger partial charge is 0.330 e. The van der Waals surface area contributed by atoms with Gasteiger partial charge in [0.2, 0.25) is 0 Å². The molecule has 0 heterocycles. The van der Waals surface area contributed by atoms with Gasteiger partial charge in [-0.15, -0.1) is 0 Å². The van der Waals surface area contributed by atoms with E-state index in [9.17, 15) is 9.59 Å². The van der Waals surface area contributed by atoms with Crippen LogP contribution in [-0.2, 0) is 19.1 Å². The summed E-state index contributed by atoms with van der Waals surface area (Å²) in [6.45, 7) is 5.84. The fraction of sp³-hybridized carbons (Fsp3) is 0.600. The van der Waals surface area contributed by atoms with Crippen molar-refractivity contribution >= 4 is 11.9 Å². The van der Waals surface area contributed by atoms with Crippen molar-refractivity contribution in [3.63, 3.8) is 0 Å². The molecule has 0 amide bonds. The first-order valence-electron chi connectivity index (χ1n) is 4.59. The lowest BCUT2D eigenvalue weighted by Gasteiger charge is -2.01. The van der Waals surface area contributed by atoms with Crippen molar-refractivity contribution in [3.05, 3.63) is 11.6 Å². The number of hydrogen-bond acceptors (Lipinski definition) is 4. The van der Waals surface area contributed by atoms with Crippen LogP contribution in [0.3, 0.4) is 0 Å². The van der Waals surface area contributed by atoms with Crippen molar-refractivity contribution in [1.82, 2.24) is 0 Å². The molecule has 0 unspecified atom stereocenters. The van der Waals surface area contributed by atoms with Gasteiger partial charge in [-0.25, -0.2) is 4.79 Å². The molecule has 0 aliphatic rings. The monoisotopic (exact) mass is 200 g/mol. The molecular weight excluding hydrogens is 184 g/mol. The maximum absolute atomic E-state index is 11.0. The Balaban J connectivity index is 3.99. The Bertz CT molecular complexity index is 230. The van der Waals surface area contributed by atoms with Crippen LogP contribution in [0.2, 0.25) is 0 Å². The number of hydrogen-bond donors (Lipinski definition) is 0. The molecule has 0 aromatic heterocycles. The average molecular weight is 200 g/mol. The second-order valence-electron chi connectivity index (χ2n) is 2.72. The van der Waals surface area contributed by atoms with Gasteiger partial charge in [0, 0.05) is 6.08 Å². The highest BCUT2D eigenvalue weighted by Gasteiger charge is 2.04. The lowest BCUT2D eigenvalue weighted by Crippen LogP contribution is -2.06. The zero-order chi connectivity index (χ0) is 11.0. The van der Waals surface area contributed by atoms with Crippen LogP contribution < -0.4 is 0 Å². The highest BCUT2D eigenvalue weighted by Crippen LogP contribution is 2.02. The van der Waals surface area contributed by atoms with Crippen LogP contribution in [0, 0.1) is 0 Å². The van der Waals surface area contributed by atoms with Crippen molar-refractivity contribution in [1.29, 1.82) is 0 Å². The van der Waals surface area contributed by atoms with E-state index >= 15 is 0 Å². The molecule has 0 rings (SSSR count). The minimum absolute atomic E-state index is 0.132. The maximum Gasteiger partial charge on any atom is 0.330 e. The van der Waals surface area contributed by atoms with E-state index in [4.69, 9.17) is 4.74 Å². The number of esters is 2. The summed E-state index contributed by atoms with van der Waals surface area (Å²) in [7, 11) is 0. The third kappa shape index (κ3) is 6.22. The SMILES string of the molecule is CCOC(=O)C=C(C)CC(=O)OCC. The summed E-state index contributed by atoms with van der Waals surface area (Å²) in [6.07, 6.45) is 1.44. The lowest BCUT2D eigenvalue weighted by molar-refractivity contribution is -0.142. The minimum Gasteiger partial charge on any atom is -0.466 e. The van der Waals surface area contributed by atoms with Crippen LogP contribution in [0.4, 0.5) is 0 Å². The number of carbonyl (C=O) groups is 2. The van der Waals surface area contributed by atoms with Gasteiger partial charge in [-0.2, -0.15) is 0 Å². The molecule has 0 bridgehead atoms. The van der Waals surface area contributed by atoms with Gasteiger partial charge in [-0.05, 0) is 20.8 Å². The fourth-order valence-electron chi connectivity index (χ4n) is 0.876. The Hall–Kier alpha value is -1.32. The van der Waals surface area contributed by atoms with E-state index < -0.39 is 5.97 Å². The lowest BCUT2D eigenvalue weighted by atomic mass is 10.2. The molecule has 0 saturated carbocycles. The Kier molecular flexibility index (Phi) is 6.45. The zero-order valence-electron chi connectivity index (χ0n) is 8.83. The van der Waals surface area contributed by atoms with Crippen LogP contribution >= 0.6 is 0 Å². The molecule has 4 nitrogen and oxygen atoms in total. The van der Waals surface area contributed by atoms with E-state index in [0.717, 1.165) is 0 Å². The van der Waals surface area contributed by atoms with E-state index in [0.29, 0.717) is 18.8 Å². The predicted octanol–water partition coefficient (Wildman–Crippen LogP) is 1.45. The predicted molar refractivity (Wildman–Crippen MR) is 51.6 cm³/mol. The molecule has 0 radical (unpaired) electrons. The molecule has 80 valence electrons. The summed E-state index contributed by atoms with van der Waals surface area (Å²) >= 11 is 0. The fourth-order valence-corrected chi connectivity index (χ4v) is 0.876. The minimum atomic E-state index is -0.422. The summed E-state index contributed by atoms with van der Waals surface area (Å²) < 4.78 is 9.41. The Labute approximate surface area is 83.9 Å². The van der Waals surface area contributed by atoms with E-state index in [1.807, 2.05) is 0 Å². The van der Waals surface area contributed by atoms with E-state index in [2.05, 4.69) is 4.74 Å². The van der Waals surface area contributed by atoms with Gasteiger partial charge in [0.25, 0.3) is 0 Å². The highest BCUT2D eigenvalue weighted by atomic mass is 16.5. The topological polar surface area (TPSA) is 52.6 Å². The summed E-state index contributed by atoms with van der Waals surface area (Å²) in [6, 6.07) is 0. The molecular formula is C10H16O4. The van der Waals surface area contributed by atoms with Crippen molar-refractivity contribution in [3.8, 4) is 0 Å². The van der Waals surface area contributed by atoms with Crippen molar-refractivity contribution < 1.29 is 19.1 Å². The molecule has 14 heavy (non-hydrogen) atoms. The largest absolute Gasteiger partial charge is 0.466 e. The summed E-state index contributed by atoms with van der Waals surface area (Å²) in [5, 5.41) is 0. The quantitative estimate of drug-likeness (QED) is 0.498. The number of carbonyl (C=O) groups excluding carboxylic acids is 2. The van der Waals surface area contributed by atoms with Gasteiger partial charge in [-0.1, -0.05) is 5.57 Å². The van der Waals surface area contributed by atoms with Gasteiger partial charge in [0.05, 0.1) is 19.6 Å². The molecule has 0 aliphatic carbocycles. The van der Waals surface area contributed by atoms with Gasteiger partial charge in [-0.3, -0.25) is 4.79 Å². The zero-order valence-corrected chi connectivity index (χ0v) is 8.83. The van der Waals surface area contributed by atoms with Crippen LogP contribution in [-0.4, -0.2) is 25.2 Å². The summed E-state index contributed by atoms with van der Waals surface area (Å²) in [4.78, 5) is 21.9. The Morgan fingerprint density at radius 3 is 2.21 bits per heavy atom. The molecule has 0 spiro atoms. The van der Waals surface area contributed by atoms with Crippen molar-refractivity contribution in [2.45, 2.75) is 27.2 Å². The van der Waals surface area contributed by atoms with Crippen LogP contribution in [0.1, 0.15) is 27.2 Å². The molecule has 0 atom stereocenters. The Morgan fingerprint density at radius 2 is 1.71 bits per heavy atom.